The average Bonchev–Trinajstić information content (AvgIpc) is 1.71. The van der Waals surface area contributed by atoms with Crippen molar-refractivity contribution >= 4 is 97.2 Å². The van der Waals surface area contributed by atoms with Gasteiger partial charge in [0.05, 0.1) is 52.3 Å². The van der Waals surface area contributed by atoms with E-state index in [1.807, 2.05) is 0 Å². The van der Waals surface area contributed by atoms with Crippen LogP contribution in [0.3, 0.4) is 0 Å². The number of alkyl halides is 10. The van der Waals surface area contributed by atoms with E-state index < -0.39 is 154 Å². The first-order chi connectivity index (χ1) is 39.5. The molecule has 20 nitrogen and oxygen atoms in total. The van der Waals surface area contributed by atoms with Crippen LogP contribution in [0, 0.1) is 34.3 Å². The lowest BCUT2D eigenvalue weighted by Crippen LogP contribution is -2.44. The Balaban J connectivity index is 0.000000247. The number of hydrogen-bond acceptors (Lipinski definition) is 18. The van der Waals surface area contributed by atoms with Gasteiger partial charge in [-0.05, 0) is 109 Å². The molecule has 0 unspecified atom stereocenters. The molecule has 34 heteroatoms. The zero-order valence-corrected chi connectivity index (χ0v) is 46.3. The first-order valence-electron chi connectivity index (χ1n) is 24.1. The summed E-state index contributed by atoms with van der Waals surface area (Å²) in [5.41, 5.74) is -10.8. The second kappa shape index (κ2) is 23.6. The number of anilines is 4. The lowest BCUT2D eigenvalue weighted by Gasteiger charge is -2.29. The van der Waals surface area contributed by atoms with E-state index in [-0.39, 0.29) is 44.7 Å². The molecule has 0 radical (unpaired) electrons. The molecule has 0 aliphatic carbocycles. The number of nitrogens with zero attached hydrogens (tertiary/aromatic N) is 12. The molecule has 1 N–H and O–H groups in total. The van der Waals surface area contributed by atoms with Gasteiger partial charge in [-0.25, -0.2) is 51.1 Å². The highest BCUT2D eigenvalue weighted by atomic mass is 32.1. The summed E-state index contributed by atoms with van der Waals surface area (Å²) in [6.07, 6.45) is -15.6. The summed E-state index contributed by atoms with van der Waals surface area (Å²) in [7, 11) is 0. The molecule has 0 spiro atoms. The van der Waals surface area contributed by atoms with Crippen LogP contribution in [0.2, 0.25) is 0 Å². The van der Waals surface area contributed by atoms with Gasteiger partial charge in [-0.15, -0.1) is 0 Å². The normalized spacial score (nSPS) is 15.2. The maximum atomic E-state index is 15.5. The third-order valence-electron chi connectivity index (χ3n) is 12.0. The molecule has 2 saturated heterocycles. The maximum absolute atomic E-state index is 15.5. The number of pyridine rings is 2. The number of ether oxygens (including phenoxy) is 4. The van der Waals surface area contributed by atoms with Crippen molar-refractivity contribution in [2.45, 2.75) is 90.3 Å². The minimum Gasteiger partial charge on any atom is -0.475 e. The molecule has 2 aliphatic rings. The molecule has 448 valence electrons. The van der Waals surface area contributed by atoms with Crippen molar-refractivity contribution in [2.75, 3.05) is 46.0 Å². The van der Waals surface area contributed by atoms with Crippen molar-refractivity contribution in [2.24, 2.45) is 0 Å². The first-order valence-corrected chi connectivity index (χ1v) is 24.9. The molecule has 6 aromatic rings. The number of benzene rings is 2. The SMILES string of the molecule is CC(C)(C)OC(=O)OCCOc1nc(C(F)F)nc2c(F)cc(N3C(=S)N(c4cnc(C#N)c(C(F)(F)F)c4)C(=O)C3(C)C)cc12.CC1(C)C(=O)N(c2cnc(C#N)c(C(F)(F)F)c2)C(=S)N1c1cc(F)c2nc(C(F)F)nc(OCCO)c2c1. The zero-order valence-electron chi connectivity index (χ0n) is 44.6. The van der Waals surface area contributed by atoms with E-state index in [0.717, 1.165) is 44.1 Å². The van der Waals surface area contributed by atoms with Gasteiger partial charge < -0.3 is 33.9 Å². The van der Waals surface area contributed by atoms with Gasteiger partial charge in [-0.2, -0.15) is 46.8 Å². The number of nitriles is 2. The number of aliphatic hydroxyl groups excluding tert-OH is 1. The Morgan fingerprint density at radius 1 is 0.635 bits per heavy atom. The number of carbonyl (C=O) groups is 3. The van der Waals surface area contributed by atoms with Crippen molar-refractivity contribution < 1.29 is 91.1 Å². The van der Waals surface area contributed by atoms with Crippen LogP contribution in [0.15, 0.2) is 48.8 Å². The quantitative estimate of drug-likeness (QED) is 0.0489. The third-order valence-corrected chi connectivity index (χ3v) is 12.8. The van der Waals surface area contributed by atoms with Gasteiger partial charge in [-0.1, -0.05) is 0 Å². The van der Waals surface area contributed by atoms with Gasteiger partial charge in [-0.3, -0.25) is 19.4 Å². The van der Waals surface area contributed by atoms with Crippen LogP contribution in [-0.4, -0.2) is 106 Å². The van der Waals surface area contributed by atoms with Crippen molar-refractivity contribution in [3.05, 3.63) is 94.6 Å². The Morgan fingerprint density at radius 2 is 1.02 bits per heavy atom. The Morgan fingerprint density at radius 3 is 1.36 bits per heavy atom. The molecule has 0 atom stereocenters. The summed E-state index contributed by atoms with van der Waals surface area (Å²) in [4.78, 5) is 64.0. The van der Waals surface area contributed by atoms with Crippen molar-refractivity contribution in [1.29, 1.82) is 10.5 Å². The van der Waals surface area contributed by atoms with Gasteiger partial charge in [0.15, 0.2) is 44.9 Å². The summed E-state index contributed by atoms with van der Waals surface area (Å²) in [6, 6.07) is 7.90. The van der Waals surface area contributed by atoms with Crippen LogP contribution in [0.5, 0.6) is 11.8 Å². The number of halogens is 12. The molecule has 0 bridgehead atoms. The van der Waals surface area contributed by atoms with Crippen LogP contribution >= 0.6 is 24.4 Å². The van der Waals surface area contributed by atoms with Gasteiger partial charge in [0.25, 0.3) is 24.7 Å². The molecule has 85 heavy (non-hydrogen) atoms. The summed E-state index contributed by atoms with van der Waals surface area (Å²) >= 11 is 10.9. The zero-order chi connectivity index (χ0) is 63.2. The van der Waals surface area contributed by atoms with E-state index in [4.69, 9.17) is 59.0 Å². The fourth-order valence-corrected chi connectivity index (χ4v) is 9.41. The van der Waals surface area contributed by atoms with Gasteiger partial charge in [0.1, 0.15) is 59.7 Å². The number of carbonyl (C=O) groups excluding carboxylic acids is 3. The molecule has 6 heterocycles. The summed E-state index contributed by atoms with van der Waals surface area (Å²) < 4.78 is 187. The van der Waals surface area contributed by atoms with E-state index >= 15 is 8.78 Å². The van der Waals surface area contributed by atoms with Gasteiger partial charge >= 0.3 is 18.5 Å². The minimum absolute atomic E-state index is 0.0919. The van der Waals surface area contributed by atoms with E-state index in [1.165, 1.54) is 52.0 Å². The fraction of sp³-hybridized carbons (Fsp3) is 0.353. The maximum Gasteiger partial charge on any atom is 0.508 e. The van der Waals surface area contributed by atoms with Crippen LogP contribution in [0.1, 0.15) is 95.5 Å². The van der Waals surface area contributed by atoms with Crippen molar-refractivity contribution in [3.8, 4) is 23.9 Å². The molecular weight excluding hydrogens is 1200 g/mol. The molecule has 2 fully saturated rings. The Hall–Kier alpha value is -8.89. The van der Waals surface area contributed by atoms with Crippen LogP contribution in [-0.2, 0) is 31.4 Å². The number of amides is 2. The number of aliphatic hydroxyl groups is 1. The molecular formula is C51H40F12N12O8S2. The molecule has 8 rings (SSSR count). The monoisotopic (exact) mass is 1240 g/mol. The molecule has 2 aromatic carbocycles. The standard InChI is InChI=1S/C28H24F6N6O5S.C23H16F6N6O3S/c1-26(2,3)45-25(42)44-7-6-43-22-15-8-13(10-17(29)19(15)37-21(38-22)20(30)31)40-24(46)39(23(41)27(40,4)5)14-9-16(28(32,33)34)18(11-35)36-12-14;1-22(2)20(37)34(11-6-13(23(27,28)29)15(8-30)31-9-11)21(39)35(22)10-5-12-16(14(24)7-10)32-18(17(25)26)33-19(12)38-4-3-36/h8-10,12,20H,6-7H2,1-5H3;5-7,9,17,36H,3-4H2,1-2H3. The Labute approximate surface area is 482 Å². The second-order valence-corrected chi connectivity index (χ2v) is 20.5. The number of aromatic nitrogens is 6. The van der Waals surface area contributed by atoms with Crippen molar-refractivity contribution in [1.82, 2.24) is 29.9 Å². The Bertz CT molecular complexity index is 3800. The largest absolute Gasteiger partial charge is 0.508 e. The van der Waals surface area contributed by atoms with Crippen LogP contribution in [0.25, 0.3) is 21.8 Å². The number of hydrogen-bond donors (Lipinski definition) is 1. The van der Waals surface area contributed by atoms with E-state index in [1.54, 1.807) is 20.8 Å². The minimum atomic E-state index is -4.99. The summed E-state index contributed by atoms with van der Waals surface area (Å²) in [5, 5.41) is 26.0. The fourth-order valence-electron chi connectivity index (χ4n) is 8.36. The Kier molecular flexibility index (Phi) is 17.7. The van der Waals surface area contributed by atoms with E-state index in [2.05, 4.69) is 29.9 Å². The highest BCUT2D eigenvalue weighted by Gasteiger charge is 2.53. The number of thiocarbonyl (C=S) groups is 2. The first kappa shape index (κ1) is 63.7. The van der Waals surface area contributed by atoms with E-state index in [9.17, 15) is 58.3 Å². The molecule has 2 amide bonds. The summed E-state index contributed by atoms with van der Waals surface area (Å²) in [6.45, 7) is 8.61. The number of fused-ring (bicyclic) bond motifs is 2. The average molecular weight is 1240 g/mol. The topological polar surface area (TPSA) is 246 Å². The predicted octanol–water partition coefficient (Wildman–Crippen LogP) is 10.5. The molecule has 4 aromatic heterocycles. The molecule has 2 aliphatic heterocycles. The number of rotatable bonds is 13. The van der Waals surface area contributed by atoms with Crippen LogP contribution in [0.4, 0.5) is 80.2 Å². The lowest BCUT2D eigenvalue weighted by molar-refractivity contribution is -0.138. The van der Waals surface area contributed by atoms with Crippen molar-refractivity contribution in [3.63, 3.8) is 0 Å². The van der Waals surface area contributed by atoms with E-state index in [0.29, 0.717) is 12.1 Å². The highest BCUT2D eigenvalue weighted by molar-refractivity contribution is 7.81. The highest BCUT2D eigenvalue weighted by Crippen LogP contribution is 2.44. The smallest absolute Gasteiger partial charge is 0.475 e. The summed E-state index contributed by atoms with van der Waals surface area (Å²) in [5.74, 6) is -6.94. The van der Waals surface area contributed by atoms with Crippen LogP contribution < -0.4 is 29.1 Å². The van der Waals surface area contributed by atoms with Gasteiger partial charge in [0, 0.05) is 11.4 Å². The predicted molar refractivity (Wildman–Crippen MR) is 280 cm³/mol. The molecule has 0 saturated carbocycles. The third kappa shape index (κ3) is 12.8. The second-order valence-electron chi connectivity index (χ2n) is 19.8. The van der Waals surface area contributed by atoms with Gasteiger partial charge in [0.2, 0.25) is 11.8 Å². The lowest BCUT2D eigenvalue weighted by atomic mass is 10.0.